The molecule has 0 saturated carbocycles. The minimum Gasteiger partial charge on any atom is -0.409 e. The summed E-state index contributed by atoms with van der Waals surface area (Å²) < 4.78 is 22.9. The van der Waals surface area contributed by atoms with Crippen LogP contribution in [0.15, 0.2) is 5.16 Å². The van der Waals surface area contributed by atoms with E-state index in [1.54, 1.807) is 0 Å². The SMILES string of the molecule is CC(C)N(CCC(N)=NO)C1CCS(=O)(=O)C1. The van der Waals surface area contributed by atoms with Crippen molar-refractivity contribution in [2.24, 2.45) is 10.9 Å². The van der Waals surface area contributed by atoms with Crippen molar-refractivity contribution in [1.29, 1.82) is 0 Å². The van der Waals surface area contributed by atoms with Crippen molar-refractivity contribution in [3.63, 3.8) is 0 Å². The van der Waals surface area contributed by atoms with Crippen LogP contribution in [0.4, 0.5) is 0 Å². The van der Waals surface area contributed by atoms with Gasteiger partial charge >= 0.3 is 0 Å². The zero-order chi connectivity index (χ0) is 13.1. The van der Waals surface area contributed by atoms with Crippen LogP contribution in [0, 0.1) is 0 Å². The Bertz CT molecular complexity index is 378. The molecule has 17 heavy (non-hydrogen) atoms. The highest BCUT2D eigenvalue weighted by Crippen LogP contribution is 2.20. The number of rotatable bonds is 5. The molecule has 1 heterocycles. The number of hydrogen-bond donors (Lipinski definition) is 2. The molecule has 1 atom stereocenters. The third-order valence-corrected chi connectivity index (χ3v) is 4.85. The smallest absolute Gasteiger partial charge is 0.151 e. The Morgan fingerprint density at radius 3 is 2.65 bits per heavy atom. The van der Waals surface area contributed by atoms with Crippen molar-refractivity contribution >= 4 is 15.7 Å². The molecule has 1 unspecified atom stereocenters. The molecular weight excluding hydrogens is 242 g/mol. The van der Waals surface area contributed by atoms with E-state index in [1.165, 1.54) is 0 Å². The molecule has 6 nitrogen and oxygen atoms in total. The lowest BCUT2D eigenvalue weighted by molar-refractivity contribution is 0.171. The fraction of sp³-hybridized carbons (Fsp3) is 0.900. The number of nitrogens with zero attached hydrogens (tertiary/aromatic N) is 2. The van der Waals surface area contributed by atoms with Gasteiger partial charge in [-0.15, -0.1) is 0 Å². The van der Waals surface area contributed by atoms with Gasteiger partial charge in [0.2, 0.25) is 0 Å². The van der Waals surface area contributed by atoms with Crippen LogP contribution in [-0.4, -0.2) is 54.5 Å². The van der Waals surface area contributed by atoms with E-state index in [9.17, 15) is 8.42 Å². The van der Waals surface area contributed by atoms with Crippen LogP contribution >= 0.6 is 0 Å². The summed E-state index contributed by atoms with van der Waals surface area (Å²) in [6.07, 6.45) is 1.13. The van der Waals surface area contributed by atoms with Crippen molar-refractivity contribution in [3.05, 3.63) is 0 Å². The zero-order valence-corrected chi connectivity index (χ0v) is 11.2. The van der Waals surface area contributed by atoms with E-state index < -0.39 is 9.84 Å². The van der Waals surface area contributed by atoms with Gasteiger partial charge in [0.1, 0.15) is 5.84 Å². The Morgan fingerprint density at radius 2 is 2.24 bits per heavy atom. The van der Waals surface area contributed by atoms with E-state index in [1.807, 2.05) is 13.8 Å². The van der Waals surface area contributed by atoms with Gasteiger partial charge in [-0.25, -0.2) is 8.42 Å². The summed E-state index contributed by atoms with van der Waals surface area (Å²) in [5.74, 6) is 0.669. The average Bonchev–Trinajstić information content (AvgIpc) is 2.58. The zero-order valence-electron chi connectivity index (χ0n) is 10.3. The first-order valence-corrected chi connectivity index (χ1v) is 7.60. The van der Waals surface area contributed by atoms with E-state index >= 15 is 0 Å². The summed E-state index contributed by atoms with van der Waals surface area (Å²) in [5, 5.41) is 11.4. The molecule has 0 aliphatic carbocycles. The van der Waals surface area contributed by atoms with Gasteiger partial charge in [0.15, 0.2) is 9.84 Å². The van der Waals surface area contributed by atoms with Crippen LogP contribution in [0.25, 0.3) is 0 Å². The Labute approximate surface area is 102 Å². The largest absolute Gasteiger partial charge is 0.409 e. The minimum atomic E-state index is -2.87. The summed E-state index contributed by atoms with van der Waals surface area (Å²) in [7, 11) is -2.87. The van der Waals surface area contributed by atoms with E-state index in [0.717, 1.165) is 0 Å². The van der Waals surface area contributed by atoms with Crippen LogP contribution in [0.2, 0.25) is 0 Å². The van der Waals surface area contributed by atoms with Gasteiger partial charge in [0.05, 0.1) is 11.5 Å². The number of oxime groups is 1. The van der Waals surface area contributed by atoms with Crippen molar-refractivity contribution in [1.82, 2.24) is 4.90 Å². The van der Waals surface area contributed by atoms with Gasteiger partial charge in [0, 0.05) is 25.0 Å². The maximum Gasteiger partial charge on any atom is 0.151 e. The van der Waals surface area contributed by atoms with Gasteiger partial charge in [0.25, 0.3) is 0 Å². The average molecular weight is 263 g/mol. The quantitative estimate of drug-likeness (QED) is 0.315. The first-order valence-electron chi connectivity index (χ1n) is 5.78. The third-order valence-electron chi connectivity index (χ3n) is 3.10. The van der Waals surface area contributed by atoms with Gasteiger partial charge in [-0.1, -0.05) is 5.16 Å². The standard InChI is InChI=1S/C10H21N3O3S/c1-8(2)13(5-3-10(11)12-14)9-4-6-17(15,16)7-9/h8-9,14H,3-7H2,1-2H3,(H2,11,12). The number of sulfone groups is 1. The van der Waals surface area contributed by atoms with Crippen molar-refractivity contribution in [2.45, 2.75) is 38.8 Å². The molecular formula is C10H21N3O3S. The molecule has 0 bridgehead atoms. The Hall–Kier alpha value is -0.820. The molecule has 0 spiro atoms. The highest BCUT2D eigenvalue weighted by molar-refractivity contribution is 7.91. The second-order valence-electron chi connectivity index (χ2n) is 4.73. The highest BCUT2D eigenvalue weighted by atomic mass is 32.2. The van der Waals surface area contributed by atoms with Gasteiger partial charge in [-0.3, -0.25) is 4.90 Å². The summed E-state index contributed by atoms with van der Waals surface area (Å²) in [5.41, 5.74) is 5.43. The topological polar surface area (TPSA) is 96.0 Å². The molecule has 1 rings (SSSR count). The monoisotopic (exact) mass is 263 g/mol. The first kappa shape index (κ1) is 14.2. The molecule has 3 N–H and O–H groups in total. The minimum absolute atomic E-state index is 0.0616. The summed E-state index contributed by atoms with van der Waals surface area (Å²) in [4.78, 5) is 2.11. The Kier molecular flexibility index (Phi) is 4.76. The maximum atomic E-state index is 11.4. The molecule has 1 aliphatic heterocycles. The lowest BCUT2D eigenvalue weighted by atomic mass is 10.1. The molecule has 0 aromatic rings. The predicted molar refractivity (Wildman–Crippen MR) is 66.9 cm³/mol. The number of amidine groups is 1. The molecule has 7 heteroatoms. The molecule has 0 aromatic heterocycles. The second kappa shape index (κ2) is 5.68. The van der Waals surface area contributed by atoms with Crippen molar-refractivity contribution < 1.29 is 13.6 Å². The maximum absolute atomic E-state index is 11.4. The Balaban J connectivity index is 2.61. The number of nitrogens with two attached hydrogens (primary N) is 1. The molecule has 1 aliphatic rings. The van der Waals surface area contributed by atoms with Crippen LogP contribution in [0.3, 0.4) is 0 Å². The Morgan fingerprint density at radius 1 is 1.59 bits per heavy atom. The first-order chi connectivity index (χ1) is 7.85. The van der Waals surface area contributed by atoms with Gasteiger partial charge < -0.3 is 10.9 Å². The van der Waals surface area contributed by atoms with E-state index in [4.69, 9.17) is 10.9 Å². The lowest BCUT2D eigenvalue weighted by Crippen LogP contribution is -2.42. The number of hydrogen-bond acceptors (Lipinski definition) is 5. The van der Waals surface area contributed by atoms with Crippen LogP contribution in [0.5, 0.6) is 0 Å². The van der Waals surface area contributed by atoms with E-state index in [0.29, 0.717) is 19.4 Å². The van der Waals surface area contributed by atoms with Crippen LogP contribution in [0.1, 0.15) is 26.7 Å². The highest BCUT2D eigenvalue weighted by Gasteiger charge is 2.33. The van der Waals surface area contributed by atoms with Gasteiger partial charge in [-0.2, -0.15) is 0 Å². The van der Waals surface area contributed by atoms with Crippen LogP contribution in [-0.2, 0) is 9.84 Å². The van der Waals surface area contributed by atoms with Crippen molar-refractivity contribution in [2.75, 3.05) is 18.1 Å². The summed E-state index contributed by atoms with van der Waals surface area (Å²) in [6.45, 7) is 4.67. The molecule has 1 saturated heterocycles. The normalized spacial score (nSPS) is 24.7. The molecule has 100 valence electrons. The summed E-state index contributed by atoms with van der Waals surface area (Å²) >= 11 is 0. The van der Waals surface area contributed by atoms with Crippen molar-refractivity contribution in [3.8, 4) is 0 Å². The third kappa shape index (κ3) is 4.16. The molecule has 0 radical (unpaired) electrons. The second-order valence-corrected chi connectivity index (χ2v) is 6.96. The molecule has 0 amide bonds. The van der Waals surface area contributed by atoms with E-state index in [-0.39, 0.29) is 29.4 Å². The predicted octanol–water partition coefficient (Wildman–Crippen LogP) is 0.0204. The van der Waals surface area contributed by atoms with Crippen LogP contribution < -0.4 is 5.73 Å². The molecule has 0 aromatic carbocycles. The lowest BCUT2D eigenvalue weighted by Gasteiger charge is -2.31. The molecule has 1 fully saturated rings. The van der Waals surface area contributed by atoms with E-state index in [2.05, 4.69) is 10.1 Å². The summed E-state index contributed by atoms with van der Waals surface area (Å²) in [6, 6.07) is 0.311. The van der Waals surface area contributed by atoms with Gasteiger partial charge in [-0.05, 0) is 20.3 Å². The fourth-order valence-corrected chi connectivity index (χ4v) is 3.94. The fourth-order valence-electron chi connectivity index (χ4n) is 2.19.